The van der Waals surface area contributed by atoms with Gasteiger partial charge in [-0.15, -0.1) is 0 Å². The van der Waals surface area contributed by atoms with Gasteiger partial charge >= 0.3 is 6.18 Å². The second kappa shape index (κ2) is 7.33. The minimum Gasteiger partial charge on any atom is -0.392 e. The van der Waals surface area contributed by atoms with E-state index in [1.807, 2.05) is 0 Å². The van der Waals surface area contributed by atoms with Gasteiger partial charge in [0.1, 0.15) is 0 Å². The van der Waals surface area contributed by atoms with Crippen LogP contribution in [-0.4, -0.2) is 47.2 Å². The molecule has 0 spiro atoms. The number of aliphatic hydroxyl groups excluding tert-OH is 1. The molecule has 0 radical (unpaired) electrons. The first-order valence-electron chi connectivity index (χ1n) is 8.70. The Bertz CT molecular complexity index is 621. The minimum atomic E-state index is -4.40. The van der Waals surface area contributed by atoms with E-state index in [1.54, 1.807) is 0 Å². The maximum Gasteiger partial charge on any atom is 0.416 e. The standard InChI is InChI=1S/C18H23F3N2O2/c19-18(20,21)13-4-1-3-12(9-13)10-17(25)22-15-5-2-6-16(15)23-8-7-14(24)11-23/h1,3-4,9,14-16,24H,2,5-8,10-11H2,(H,22,25)/t14?,15-,16+/m1/s1. The Morgan fingerprint density at radius 1 is 1.28 bits per heavy atom. The number of benzene rings is 1. The third-order valence-electron chi connectivity index (χ3n) is 5.11. The molecule has 3 atom stereocenters. The largest absolute Gasteiger partial charge is 0.416 e. The zero-order valence-corrected chi connectivity index (χ0v) is 13.9. The molecule has 0 bridgehead atoms. The summed E-state index contributed by atoms with van der Waals surface area (Å²) in [5, 5.41) is 12.7. The first kappa shape index (κ1) is 18.2. The molecule has 2 aliphatic rings. The summed E-state index contributed by atoms with van der Waals surface area (Å²) in [5.41, 5.74) is -0.374. The molecule has 1 saturated heterocycles. The normalized spacial score (nSPS) is 27.6. The molecule has 2 fully saturated rings. The summed E-state index contributed by atoms with van der Waals surface area (Å²) < 4.78 is 38.3. The van der Waals surface area contributed by atoms with Gasteiger partial charge in [-0.25, -0.2) is 0 Å². The number of nitrogens with zero attached hydrogens (tertiary/aromatic N) is 1. The van der Waals surface area contributed by atoms with E-state index in [4.69, 9.17) is 0 Å². The van der Waals surface area contributed by atoms with Crippen molar-refractivity contribution >= 4 is 5.91 Å². The number of halogens is 3. The molecule has 1 saturated carbocycles. The molecule has 1 aromatic carbocycles. The van der Waals surface area contributed by atoms with Crippen molar-refractivity contribution in [3.05, 3.63) is 35.4 Å². The van der Waals surface area contributed by atoms with Crippen LogP contribution in [0.3, 0.4) is 0 Å². The van der Waals surface area contributed by atoms with E-state index < -0.39 is 11.7 Å². The van der Waals surface area contributed by atoms with Crippen molar-refractivity contribution in [1.29, 1.82) is 0 Å². The summed E-state index contributed by atoms with van der Waals surface area (Å²) in [4.78, 5) is 14.5. The number of alkyl halides is 3. The van der Waals surface area contributed by atoms with E-state index in [0.29, 0.717) is 12.1 Å². The highest BCUT2D eigenvalue weighted by Gasteiger charge is 2.36. The molecule has 1 aliphatic heterocycles. The summed E-state index contributed by atoms with van der Waals surface area (Å²) in [6.45, 7) is 1.45. The van der Waals surface area contributed by atoms with Gasteiger partial charge in [0.05, 0.1) is 18.1 Å². The Morgan fingerprint density at radius 3 is 2.76 bits per heavy atom. The monoisotopic (exact) mass is 356 g/mol. The molecule has 1 unspecified atom stereocenters. The number of nitrogens with one attached hydrogen (secondary N) is 1. The summed E-state index contributed by atoms with van der Waals surface area (Å²) in [7, 11) is 0. The predicted octanol–water partition coefficient (Wildman–Crippen LogP) is 2.35. The van der Waals surface area contributed by atoms with E-state index in [9.17, 15) is 23.1 Å². The van der Waals surface area contributed by atoms with Crippen LogP contribution in [0.1, 0.15) is 36.8 Å². The van der Waals surface area contributed by atoms with Crippen LogP contribution in [0.25, 0.3) is 0 Å². The maximum atomic E-state index is 12.8. The molecule has 4 nitrogen and oxygen atoms in total. The second-order valence-corrected chi connectivity index (χ2v) is 6.98. The Balaban J connectivity index is 1.59. The molecule has 1 aliphatic carbocycles. The van der Waals surface area contributed by atoms with Gasteiger partial charge in [0.2, 0.25) is 5.91 Å². The summed E-state index contributed by atoms with van der Waals surface area (Å²) >= 11 is 0. The molecule has 25 heavy (non-hydrogen) atoms. The highest BCUT2D eigenvalue weighted by atomic mass is 19.4. The van der Waals surface area contributed by atoms with Crippen LogP contribution in [-0.2, 0) is 17.4 Å². The summed E-state index contributed by atoms with van der Waals surface area (Å²) in [6, 6.07) is 5.12. The lowest BCUT2D eigenvalue weighted by atomic mass is 10.1. The number of carbonyl (C=O) groups excluding carboxylic acids is 1. The van der Waals surface area contributed by atoms with Crippen molar-refractivity contribution in [2.75, 3.05) is 13.1 Å². The van der Waals surface area contributed by atoms with Crippen LogP contribution >= 0.6 is 0 Å². The first-order valence-corrected chi connectivity index (χ1v) is 8.70. The lowest BCUT2D eigenvalue weighted by Gasteiger charge is -2.29. The molecular weight excluding hydrogens is 333 g/mol. The van der Waals surface area contributed by atoms with Gasteiger partial charge in [-0.3, -0.25) is 9.69 Å². The number of hydrogen-bond acceptors (Lipinski definition) is 3. The number of likely N-dealkylation sites (tertiary alicyclic amines) is 1. The average molecular weight is 356 g/mol. The molecule has 2 N–H and O–H groups in total. The topological polar surface area (TPSA) is 52.6 Å². The fourth-order valence-corrected chi connectivity index (χ4v) is 3.92. The summed E-state index contributed by atoms with van der Waals surface area (Å²) in [5.74, 6) is -0.254. The zero-order chi connectivity index (χ0) is 18.0. The van der Waals surface area contributed by atoms with Crippen LogP contribution in [0.2, 0.25) is 0 Å². The first-order chi connectivity index (χ1) is 11.8. The highest BCUT2D eigenvalue weighted by molar-refractivity contribution is 5.79. The quantitative estimate of drug-likeness (QED) is 0.871. The molecular formula is C18H23F3N2O2. The third-order valence-corrected chi connectivity index (χ3v) is 5.11. The Morgan fingerprint density at radius 2 is 2.08 bits per heavy atom. The Kier molecular flexibility index (Phi) is 5.34. The number of hydrogen-bond donors (Lipinski definition) is 2. The van der Waals surface area contributed by atoms with Crippen molar-refractivity contribution in [1.82, 2.24) is 10.2 Å². The molecule has 0 aromatic heterocycles. The van der Waals surface area contributed by atoms with E-state index in [1.165, 1.54) is 12.1 Å². The number of amides is 1. The molecule has 3 rings (SSSR count). The van der Waals surface area contributed by atoms with Crippen molar-refractivity contribution in [3.8, 4) is 0 Å². The van der Waals surface area contributed by atoms with Gasteiger partial charge in [0.25, 0.3) is 0 Å². The average Bonchev–Trinajstić information content (AvgIpc) is 3.15. The van der Waals surface area contributed by atoms with Gasteiger partial charge in [-0.2, -0.15) is 13.2 Å². The molecule has 1 aromatic rings. The zero-order valence-electron chi connectivity index (χ0n) is 13.9. The fourth-order valence-electron chi connectivity index (χ4n) is 3.92. The lowest BCUT2D eigenvalue weighted by Crippen LogP contribution is -2.48. The molecule has 1 amide bonds. The van der Waals surface area contributed by atoms with E-state index >= 15 is 0 Å². The van der Waals surface area contributed by atoms with Crippen LogP contribution in [0.4, 0.5) is 13.2 Å². The molecule has 1 heterocycles. The second-order valence-electron chi connectivity index (χ2n) is 6.98. The van der Waals surface area contributed by atoms with Gasteiger partial charge in [-0.05, 0) is 37.3 Å². The van der Waals surface area contributed by atoms with Gasteiger partial charge in [0, 0.05) is 25.2 Å². The van der Waals surface area contributed by atoms with Gasteiger partial charge < -0.3 is 10.4 Å². The number of carbonyl (C=O) groups is 1. The Hall–Kier alpha value is -1.60. The van der Waals surface area contributed by atoms with E-state index in [2.05, 4.69) is 10.2 Å². The van der Waals surface area contributed by atoms with E-state index in [0.717, 1.165) is 44.4 Å². The number of β-amino-alcohol motifs (C(OH)–C–C–N with tert-alkyl or cyclic N) is 1. The van der Waals surface area contributed by atoms with Crippen LogP contribution < -0.4 is 5.32 Å². The van der Waals surface area contributed by atoms with Crippen LogP contribution in [0.15, 0.2) is 24.3 Å². The maximum absolute atomic E-state index is 12.8. The number of aliphatic hydroxyl groups is 1. The van der Waals surface area contributed by atoms with Crippen molar-refractivity contribution in [2.24, 2.45) is 0 Å². The Labute approximate surface area is 145 Å². The summed E-state index contributed by atoms with van der Waals surface area (Å²) in [6.07, 6.45) is -1.17. The smallest absolute Gasteiger partial charge is 0.392 e. The van der Waals surface area contributed by atoms with Crippen LogP contribution in [0.5, 0.6) is 0 Å². The SMILES string of the molecule is O=C(Cc1cccc(C(F)(F)F)c1)N[C@@H]1CCC[C@@H]1N1CCC(O)C1. The van der Waals surface area contributed by atoms with E-state index in [-0.39, 0.29) is 30.5 Å². The fraction of sp³-hybridized carbons (Fsp3) is 0.611. The van der Waals surface area contributed by atoms with Crippen LogP contribution in [0, 0.1) is 0 Å². The lowest BCUT2D eigenvalue weighted by molar-refractivity contribution is -0.137. The molecule has 138 valence electrons. The number of rotatable bonds is 4. The van der Waals surface area contributed by atoms with Crippen molar-refractivity contribution < 1.29 is 23.1 Å². The van der Waals surface area contributed by atoms with Gasteiger partial charge in [-0.1, -0.05) is 18.2 Å². The minimum absolute atomic E-state index is 0.00333. The van der Waals surface area contributed by atoms with Crippen molar-refractivity contribution in [2.45, 2.75) is 56.5 Å². The van der Waals surface area contributed by atoms with Gasteiger partial charge in [0.15, 0.2) is 0 Å². The predicted molar refractivity (Wildman–Crippen MR) is 86.9 cm³/mol. The van der Waals surface area contributed by atoms with Crippen molar-refractivity contribution in [3.63, 3.8) is 0 Å². The highest BCUT2D eigenvalue weighted by Crippen LogP contribution is 2.30. The molecule has 7 heteroatoms. The third kappa shape index (κ3) is 4.52.